The van der Waals surface area contributed by atoms with E-state index in [4.69, 9.17) is 9.47 Å². The highest BCUT2D eigenvalue weighted by molar-refractivity contribution is 9.10. The van der Waals surface area contributed by atoms with Gasteiger partial charge in [-0.05, 0) is 60.0 Å². The monoisotopic (exact) mass is 407 g/mol. The maximum absolute atomic E-state index is 9.35. The third kappa shape index (κ3) is 6.34. The number of aryl methyl sites for hydroxylation is 1. The molecule has 0 aliphatic rings. The largest absolute Gasteiger partial charge is 0.490 e. The van der Waals surface area contributed by atoms with Gasteiger partial charge in [0, 0.05) is 13.1 Å². The Kier molecular flexibility index (Phi) is 7.75. The Bertz CT molecular complexity index is 671. The van der Waals surface area contributed by atoms with E-state index in [0.29, 0.717) is 32.1 Å². The normalized spacial score (nSPS) is 12.0. The number of ether oxygens (including phenoxy) is 2. The van der Waals surface area contributed by atoms with Crippen LogP contribution in [0.15, 0.2) is 40.9 Å². The summed E-state index contributed by atoms with van der Waals surface area (Å²) >= 11 is 3.59. The average molecular weight is 408 g/mol. The molecule has 1 atom stereocenters. The quantitative estimate of drug-likeness (QED) is 0.653. The first-order valence-corrected chi connectivity index (χ1v) is 9.31. The molecule has 0 aliphatic heterocycles. The van der Waals surface area contributed by atoms with Crippen molar-refractivity contribution >= 4 is 15.9 Å². The maximum Gasteiger partial charge on any atom is 0.175 e. The van der Waals surface area contributed by atoms with E-state index in [9.17, 15) is 5.11 Å². The minimum atomic E-state index is -0.369. The van der Waals surface area contributed by atoms with Gasteiger partial charge in [0.05, 0.1) is 17.2 Å². The van der Waals surface area contributed by atoms with E-state index in [0.717, 1.165) is 21.3 Å². The van der Waals surface area contributed by atoms with E-state index >= 15 is 0 Å². The number of rotatable bonds is 9. The van der Waals surface area contributed by atoms with Gasteiger partial charge in [-0.15, -0.1) is 0 Å². The van der Waals surface area contributed by atoms with Crippen molar-refractivity contribution in [3.8, 4) is 11.5 Å². The number of benzene rings is 2. The van der Waals surface area contributed by atoms with Gasteiger partial charge >= 0.3 is 0 Å². The van der Waals surface area contributed by atoms with Gasteiger partial charge in [-0.2, -0.15) is 0 Å². The Hall–Kier alpha value is -1.56. The van der Waals surface area contributed by atoms with Crippen LogP contribution < -0.4 is 14.8 Å². The average Bonchev–Trinajstić information content (AvgIpc) is 2.55. The molecule has 5 heteroatoms. The number of aliphatic hydroxyl groups is 1. The number of aliphatic hydroxyl groups excluding tert-OH is 1. The molecule has 0 fully saturated rings. The summed E-state index contributed by atoms with van der Waals surface area (Å²) in [5.41, 5.74) is 3.41. The lowest BCUT2D eigenvalue weighted by atomic mass is 10.1. The predicted octanol–water partition coefficient (Wildman–Crippen LogP) is 4.21. The fourth-order valence-corrected chi connectivity index (χ4v) is 3.00. The van der Waals surface area contributed by atoms with Crippen LogP contribution in [0.3, 0.4) is 0 Å². The van der Waals surface area contributed by atoms with Crippen molar-refractivity contribution in [2.45, 2.75) is 40.0 Å². The SMILES string of the molecule is CCOc1cc(CNC[C@H](C)O)cc(Br)c1OCc1ccc(C)cc1. The first kappa shape index (κ1) is 19.8. The van der Waals surface area contributed by atoms with Crippen molar-refractivity contribution in [1.29, 1.82) is 0 Å². The molecule has 0 radical (unpaired) electrons. The van der Waals surface area contributed by atoms with Gasteiger partial charge in [0.1, 0.15) is 6.61 Å². The molecule has 0 amide bonds. The molecule has 2 aromatic carbocycles. The van der Waals surface area contributed by atoms with Crippen LogP contribution in [0.5, 0.6) is 11.5 Å². The molecule has 0 saturated heterocycles. The summed E-state index contributed by atoms with van der Waals surface area (Å²) in [4.78, 5) is 0. The molecular weight excluding hydrogens is 382 g/mol. The molecule has 2 aromatic rings. The molecule has 0 bridgehead atoms. The topological polar surface area (TPSA) is 50.7 Å². The van der Waals surface area contributed by atoms with E-state index < -0.39 is 0 Å². The lowest BCUT2D eigenvalue weighted by Crippen LogP contribution is -2.23. The van der Waals surface area contributed by atoms with Crippen molar-refractivity contribution < 1.29 is 14.6 Å². The summed E-state index contributed by atoms with van der Waals surface area (Å²) in [6.07, 6.45) is -0.369. The predicted molar refractivity (Wildman–Crippen MR) is 104 cm³/mol. The van der Waals surface area contributed by atoms with Gasteiger partial charge in [-0.1, -0.05) is 29.8 Å². The Morgan fingerprint density at radius 2 is 1.84 bits per heavy atom. The summed E-state index contributed by atoms with van der Waals surface area (Å²) in [6.45, 7) is 8.04. The fourth-order valence-electron chi connectivity index (χ4n) is 2.39. The zero-order chi connectivity index (χ0) is 18.2. The van der Waals surface area contributed by atoms with Crippen LogP contribution in [-0.4, -0.2) is 24.4 Å². The lowest BCUT2D eigenvalue weighted by molar-refractivity contribution is 0.191. The third-order valence-electron chi connectivity index (χ3n) is 3.64. The molecule has 0 unspecified atom stereocenters. The van der Waals surface area contributed by atoms with Crippen molar-refractivity contribution in [2.75, 3.05) is 13.2 Å². The molecule has 4 nitrogen and oxygen atoms in total. The van der Waals surface area contributed by atoms with E-state index in [1.54, 1.807) is 6.92 Å². The second-order valence-electron chi connectivity index (χ2n) is 6.09. The van der Waals surface area contributed by atoms with Crippen molar-refractivity contribution in [1.82, 2.24) is 5.32 Å². The Balaban J connectivity index is 2.11. The molecule has 2 rings (SSSR count). The summed E-state index contributed by atoms with van der Waals surface area (Å²) in [7, 11) is 0. The fraction of sp³-hybridized carbons (Fsp3) is 0.400. The van der Waals surface area contributed by atoms with E-state index in [2.05, 4.69) is 52.4 Å². The third-order valence-corrected chi connectivity index (χ3v) is 4.23. The second kappa shape index (κ2) is 9.80. The minimum absolute atomic E-state index is 0.369. The van der Waals surface area contributed by atoms with Gasteiger partial charge in [-0.25, -0.2) is 0 Å². The zero-order valence-corrected chi connectivity index (χ0v) is 16.6. The van der Waals surface area contributed by atoms with E-state index in [1.165, 1.54) is 5.56 Å². The molecule has 2 N–H and O–H groups in total. The van der Waals surface area contributed by atoms with E-state index in [-0.39, 0.29) is 6.10 Å². The standard InChI is InChI=1S/C20H26BrNO3/c1-4-24-19-10-17(12-22-11-15(3)23)9-18(21)20(19)25-13-16-7-5-14(2)6-8-16/h5-10,15,22-23H,4,11-13H2,1-3H3/t15-/m0/s1. The smallest absolute Gasteiger partial charge is 0.175 e. The molecule has 0 aliphatic carbocycles. The molecule has 0 heterocycles. The Morgan fingerprint density at radius 3 is 2.48 bits per heavy atom. The maximum atomic E-state index is 9.35. The van der Waals surface area contributed by atoms with Crippen LogP contribution in [0.2, 0.25) is 0 Å². The molecule has 25 heavy (non-hydrogen) atoms. The van der Waals surface area contributed by atoms with E-state index in [1.807, 2.05) is 19.1 Å². The van der Waals surface area contributed by atoms with Crippen LogP contribution in [0.1, 0.15) is 30.5 Å². The highest BCUT2D eigenvalue weighted by Crippen LogP contribution is 2.37. The Labute approximate surface area is 158 Å². The van der Waals surface area contributed by atoms with Gasteiger partial charge in [0.2, 0.25) is 0 Å². The molecular formula is C20H26BrNO3. The highest BCUT2D eigenvalue weighted by atomic mass is 79.9. The van der Waals surface area contributed by atoms with Gasteiger partial charge in [0.25, 0.3) is 0 Å². The second-order valence-corrected chi connectivity index (χ2v) is 6.95. The summed E-state index contributed by atoms with van der Waals surface area (Å²) in [5, 5.41) is 12.6. The first-order valence-electron chi connectivity index (χ1n) is 8.52. The van der Waals surface area contributed by atoms with Crippen LogP contribution in [0.4, 0.5) is 0 Å². The van der Waals surface area contributed by atoms with Crippen LogP contribution in [0.25, 0.3) is 0 Å². The van der Waals surface area contributed by atoms with Crippen molar-refractivity contribution in [3.05, 3.63) is 57.6 Å². The molecule has 136 valence electrons. The highest BCUT2D eigenvalue weighted by Gasteiger charge is 2.13. The summed E-state index contributed by atoms with van der Waals surface area (Å²) in [6, 6.07) is 12.3. The van der Waals surface area contributed by atoms with Gasteiger partial charge in [0.15, 0.2) is 11.5 Å². The summed E-state index contributed by atoms with van der Waals surface area (Å²) < 4.78 is 12.6. The van der Waals surface area contributed by atoms with Gasteiger partial charge < -0.3 is 19.9 Å². The number of halogens is 1. The van der Waals surface area contributed by atoms with Crippen molar-refractivity contribution in [3.63, 3.8) is 0 Å². The Morgan fingerprint density at radius 1 is 1.12 bits per heavy atom. The first-order chi connectivity index (χ1) is 12.0. The number of hydrogen-bond acceptors (Lipinski definition) is 4. The van der Waals surface area contributed by atoms with Gasteiger partial charge in [-0.3, -0.25) is 0 Å². The van der Waals surface area contributed by atoms with Crippen LogP contribution >= 0.6 is 15.9 Å². The zero-order valence-electron chi connectivity index (χ0n) is 15.0. The lowest BCUT2D eigenvalue weighted by Gasteiger charge is -2.16. The number of nitrogens with one attached hydrogen (secondary N) is 1. The summed E-state index contributed by atoms with van der Waals surface area (Å²) in [5.74, 6) is 1.43. The minimum Gasteiger partial charge on any atom is -0.490 e. The number of hydrogen-bond donors (Lipinski definition) is 2. The van der Waals surface area contributed by atoms with Crippen LogP contribution in [-0.2, 0) is 13.2 Å². The molecule has 0 aromatic heterocycles. The molecule has 0 saturated carbocycles. The van der Waals surface area contributed by atoms with Crippen LogP contribution in [0, 0.1) is 6.92 Å². The van der Waals surface area contributed by atoms with Crippen molar-refractivity contribution in [2.24, 2.45) is 0 Å². The molecule has 0 spiro atoms.